The number of para-hydroxylation sites is 1. The summed E-state index contributed by atoms with van der Waals surface area (Å²) in [5, 5.41) is 5.02. The van der Waals surface area contributed by atoms with Gasteiger partial charge in [-0.1, -0.05) is 107 Å². The molecule has 0 saturated heterocycles. The van der Waals surface area contributed by atoms with Crippen LogP contribution in [0.5, 0.6) is 17.2 Å². The zero-order chi connectivity index (χ0) is 28.3. The summed E-state index contributed by atoms with van der Waals surface area (Å²) >= 11 is 1.64. The second-order valence-electron chi connectivity index (χ2n) is 10.2. The molecule has 7 heteroatoms. The van der Waals surface area contributed by atoms with Gasteiger partial charge in [0.05, 0.1) is 24.8 Å². The Morgan fingerprint density at radius 3 is 2.23 bits per heavy atom. The van der Waals surface area contributed by atoms with E-state index in [1.165, 1.54) is 64.2 Å². The molecule has 0 aliphatic rings. The van der Waals surface area contributed by atoms with Crippen LogP contribution < -0.4 is 24.1 Å². The number of carbonyl (C=O) groups excluding carboxylic acids is 1. The van der Waals surface area contributed by atoms with E-state index in [2.05, 4.69) is 16.8 Å². The molecule has 3 aromatic rings. The molecule has 40 heavy (non-hydrogen) atoms. The standard InChI is InChI=1S/C33H46N2O4S/c1-3-4-5-6-7-8-9-10-11-12-13-16-22-38-32-24-29(37-2)19-20-31(32)39-26-33(36)34-30-18-15-14-17-28(30)25-35-21-23-40-27-35/h14-15,17-21,23-24,27H,3-13,16,22,25-26H2,1-2H3/p+1. The zero-order valence-corrected chi connectivity index (χ0v) is 25.2. The number of nitrogens with zero attached hydrogens (tertiary/aromatic N) is 1. The summed E-state index contributed by atoms with van der Waals surface area (Å²) in [6.07, 6.45) is 17.7. The Kier molecular flexibility index (Phi) is 15.0. The van der Waals surface area contributed by atoms with Crippen molar-refractivity contribution in [3.05, 3.63) is 65.1 Å². The molecule has 2 aromatic carbocycles. The molecule has 0 bridgehead atoms. The molecule has 0 fully saturated rings. The van der Waals surface area contributed by atoms with Crippen molar-refractivity contribution in [1.82, 2.24) is 0 Å². The summed E-state index contributed by atoms with van der Waals surface area (Å²) < 4.78 is 19.4. The van der Waals surface area contributed by atoms with Gasteiger partial charge in [-0.05, 0) is 24.6 Å². The highest BCUT2D eigenvalue weighted by Crippen LogP contribution is 2.32. The van der Waals surface area contributed by atoms with Gasteiger partial charge in [0.15, 0.2) is 30.8 Å². The van der Waals surface area contributed by atoms with Crippen LogP contribution in [-0.4, -0.2) is 26.2 Å². The first-order valence-electron chi connectivity index (χ1n) is 14.9. The van der Waals surface area contributed by atoms with Crippen molar-refractivity contribution in [3.8, 4) is 17.2 Å². The third-order valence-electron chi connectivity index (χ3n) is 6.94. The van der Waals surface area contributed by atoms with Crippen molar-refractivity contribution >= 4 is 22.9 Å². The van der Waals surface area contributed by atoms with Gasteiger partial charge in [0.25, 0.3) is 5.91 Å². The van der Waals surface area contributed by atoms with Gasteiger partial charge in [-0.25, -0.2) is 0 Å². The van der Waals surface area contributed by atoms with Crippen LogP contribution in [0.3, 0.4) is 0 Å². The van der Waals surface area contributed by atoms with E-state index in [1.807, 2.05) is 53.5 Å². The lowest BCUT2D eigenvalue weighted by Crippen LogP contribution is -2.31. The number of methoxy groups -OCH3 is 1. The smallest absolute Gasteiger partial charge is 0.262 e. The molecular formula is C33H47N2O4S+. The average molecular weight is 568 g/mol. The number of rotatable bonds is 21. The molecule has 6 nitrogen and oxygen atoms in total. The highest BCUT2D eigenvalue weighted by Gasteiger charge is 2.13. The predicted molar refractivity (Wildman–Crippen MR) is 164 cm³/mol. The van der Waals surface area contributed by atoms with Crippen LogP contribution in [0.4, 0.5) is 5.69 Å². The number of nitrogens with one attached hydrogen (secondary N) is 1. The lowest BCUT2D eigenvalue weighted by Gasteiger charge is -2.14. The number of carbonyl (C=O) groups is 1. The Balaban J connectivity index is 1.38. The van der Waals surface area contributed by atoms with E-state index in [9.17, 15) is 4.79 Å². The number of unbranched alkanes of at least 4 members (excludes halogenated alkanes) is 11. The Morgan fingerprint density at radius 2 is 1.55 bits per heavy atom. The number of benzene rings is 2. The van der Waals surface area contributed by atoms with Crippen LogP contribution >= 0.6 is 11.3 Å². The third kappa shape index (κ3) is 12.0. The van der Waals surface area contributed by atoms with Crippen molar-refractivity contribution in [3.63, 3.8) is 0 Å². The first kappa shape index (κ1) is 31.5. The lowest BCUT2D eigenvalue weighted by molar-refractivity contribution is -0.683. The second kappa shape index (κ2) is 19.1. The normalized spacial score (nSPS) is 10.8. The van der Waals surface area contributed by atoms with E-state index in [0.717, 1.165) is 24.1 Å². The Bertz CT molecular complexity index is 1100. The van der Waals surface area contributed by atoms with Crippen molar-refractivity contribution < 1.29 is 23.6 Å². The van der Waals surface area contributed by atoms with E-state index in [-0.39, 0.29) is 12.5 Å². The fraction of sp³-hybridized carbons (Fsp3) is 0.515. The fourth-order valence-corrected chi connectivity index (χ4v) is 5.23. The van der Waals surface area contributed by atoms with Crippen molar-refractivity contribution in [2.75, 3.05) is 25.6 Å². The minimum atomic E-state index is -0.217. The third-order valence-corrected chi connectivity index (χ3v) is 7.61. The first-order chi connectivity index (χ1) is 19.7. The maximum atomic E-state index is 12.8. The summed E-state index contributed by atoms with van der Waals surface area (Å²) in [5.41, 5.74) is 3.87. The van der Waals surface area contributed by atoms with Crippen LogP contribution in [0.2, 0.25) is 0 Å². The molecule has 0 aliphatic carbocycles. The molecule has 1 amide bonds. The predicted octanol–water partition coefficient (Wildman–Crippen LogP) is 8.19. The van der Waals surface area contributed by atoms with E-state index in [1.54, 1.807) is 24.5 Å². The first-order valence-corrected chi connectivity index (χ1v) is 15.9. The Labute approximate surface area is 244 Å². The SMILES string of the molecule is CCCCCCCCCCCCCCOc1cc(OC)ccc1OCC(=O)Nc1ccccc1C[n+]1ccsc1. The second-order valence-corrected chi connectivity index (χ2v) is 11.0. The molecule has 1 N–H and O–H groups in total. The van der Waals surface area contributed by atoms with Gasteiger partial charge in [-0.2, -0.15) is 4.57 Å². The maximum Gasteiger partial charge on any atom is 0.262 e. The van der Waals surface area contributed by atoms with Gasteiger partial charge in [0.2, 0.25) is 5.51 Å². The van der Waals surface area contributed by atoms with E-state index >= 15 is 0 Å². The summed E-state index contributed by atoms with van der Waals surface area (Å²) in [5.74, 6) is 1.62. The van der Waals surface area contributed by atoms with Gasteiger partial charge < -0.3 is 19.5 Å². The lowest BCUT2D eigenvalue weighted by atomic mass is 10.1. The van der Waals surface area contributed by atoms with Gasteiger partial charge in [0, 0.05) is 11.6 Å². The molecular weight excluding hydrogens is 520 g/mol. The average Bonchev–Trinajstić information content (AvgIpc) is 3.49. The molecule has 1 aromatic heterocycles. The van der Waals surface area contributed by atoms with Crippen LogP contribution in [0.25, 0.3) is 0 Å². The Hall–Kier alpha value is -3.06. The number of ether oxygens (including phenoxy) is 3. The minimum absolute atomic E-state index is 0.110. The number of amides is 1. The molecule has 218 valence electrons. The summed E-state index contributed by atoms with van der Waals surface area (Å²) in [4.78, 5) is 12.8. The number of anilines is 1. The van der Waals surface area contributed by atoms with Crippen LogP contribution in [0.15, 0.2) is 59.6 Å². The summed E-state index contributed by atoms with van der Waals surface area (Å²) in [7, 11) is 1.63. The van der Waals surface area contributed by atoms with E-state index < -0.39 is 0 Å². The fourth-order valence-electron chi connectivity index (χ4n) is 4.63. The molecule has 1 heterocycles. The molecule has 0 spiro atoms. The largest absolute Gasteiger partial charge is 0.497 e. The highest BCUT2D eigenvalue weighted by atomic mass is 32.1. The molecule has 0 unspecified atom stereocenters. The number of thiazole rings is 1. The van der Waals surface area contributed by atoms with E-state index in [4.69, 9.17) is 14.2 Å². The molecule has 3 rings (SSSR count). The molecule has 0 radical (unpaired) electrons. The van der Waals surface area contributed by atoms with Gasteiger partial charge in [-0.3, -0.25) is 4.79 Å². The van der Waals surface area contributed by atoms with Crippen LogP contribution in [0.1, 0.15) is 89.5 Å². The molecule has 0 atom stereocenters. The highest BCUT2D eigenvalue weighted by molar-refractivity contribution is 7.07. The Morgan fingerprint density at radius 1 is 0.850 bits per heavy atom. The van der Waals surface area contributed by atoms with Crippen molar-refractivity contribution in [1.29, 1.82) is 0 Å². The van der Waals surface area contributed by atoms with Crippen LogP contribution in [-0.2, 0) is 11.3 Å². The molecule has 0 saturated carbocycles. The quantitative estimate of drug-likeness (QED) is 0.104. The van der Waals surface area contributed by atoms with Gasteiger partial charge in [-0.15, -0.1) is 0 Å². The van der Waals surface area contributed by atoms with Crippen LogP contribution in [0, 0.1) is 0 Å². The summed E-state index contributed by atoms with van der Waals surface area (Å²) in [6, 6.07) is 13.3. The van der Waals surface area contributed by atoms with Gasteiger partial charge in [0.1, 0.15) is 5.75 Å². The van der Waals surface area contributed by atoms with E-state index in [0.29, 0.717) is 30.4 Å². The maximum absolute atomic E-state index is 12.8. The number of aromatic nitrogens is 1. The number of hydrogen-bond donors (Lipinski definition) is 1. The van der Waals surface area contributed by atoms with Gasteiger partial charge >= 0.3 is 0 Å². The minimum Gasteiger partial charge on any atom is -0.497 e. The van der Waals surface area contributed by atoms with Crippen molar-refractivity contribution in [2.45, 2.75) is 90.5 Å². The zero-order valence-electron chi connectivity index (χ0n) is 24.4. The van der Waals surface area contributed by atoms with Crippen molar-refractivity contribution in [2.24, 2.45) is 0 Å². The molecule has 0 aliphatic heterocycles. The monoisotopic (exact) mass is 567 g/mol. The summed E-state index contributed by atoms with van der Waals surface area (Å²) in [6.45, 7) is 3.46. The number of hydrogen-bond acceptors (Lipinski definition) is 5. The topological polar surface area (TPSA) is 60.7 Å².